The normalized spacial score (nSPS) is 10.9. The molecule has 0 bridgehead atoms. The van der Waals surface area contributed by atoms with E-state index in [1.54, 1.807) is 37.1 Å². The first-order chi connectivity index (χ1) is 14.5. The third-order valence-corrected chi connectivity index (χ3v) is 4.52. The Labute approximate surface area is 176 Å². The molecule has 1 heterocycles. The van der Waals surface area contributed by atoms with Gasteiger partial charge in [-0.15, -0.1) is 0 Å². The number of hydrogen-bond donors (Lipinski definition) is 0. The minimum Gasteiger partial charge on any atom is -0.496 e. The molecule has 156 valence electrons. The summed E-state index contributed by atoms with van der Waals surface area (Å²) in [6.07, 6.45) is 3.33. The number of allylic oxidation sites excluding steroid dienone is 1. The van der Waals surface area contributed by atoms with Gasteiger partial charge in [-0.05, 0) is 55.8 Å². The zero-order chi connectivity index (χ0) is 21.5. The zero-order valence-corrected chi connectivity index (χ0v) is 17.7. The second-order valence-corrected chi connectivity index (χ2v) is 6.73. The number of aromatic nitrogens is 2. The molecule has 3 aromatic rings. The smallest absolute Gasteiger partial charge is 0.203 e. The highest BCUT2D eigenvalue weighted by molar-refractivity contribution is 6.05. The Bertz CT molecular complexity index is 1050. The number of benzene rings is 2. The van der Waals surface area contributed by atoms with E-state index >= 15 is 0 Å². The van der Waals surface area contributed by atoms with Crippen LogP contribution in [0.25, 0.3) is 6.08 Å². The van der Waals surface area contributed by atoms with E-state index in [0.717, 1.165) is 22.6 Å². The van der Waals surface area contributed by atoms with Crippen molar-refractivity contribution in [1.29, 1.82) is 0 Å². The zero-order valence-electron chi connectivity index (χ0n) is 17.7. The van der Waals surface area contributed by atoms with Gasteiger partial charge in [0.1, 0.15) is 18.1 Å². The topological polar surface area (TPSA) is 62.6 Å². The summed E-state index contributed by atoms with van der Waals surface area (Å²) in [5.41, 5.74) is 3.10. The highest BCUT2D eigenvalue weighted by Gasteiger charge is 2.10. The van der Waals surface area contributed by atoms with Crippen molar-refractivity contribution in [3.63, 3.8) is 0 Å². The highest BCUT2D eigenvalue weighted by atomic mass is 16.5. The summed E-state index contributed by atoms with van der Waals surface area (Å²) in [6.45, 7) is 4.67. The van der Waals surface area contributed by atoms with Gasteiger partial charge in [0.05, 0.1) is 19.4 Å². The molecule has 3 rings (SSSR count). The number of methoxy groups -OCH3 is 1. The van der Waals surface area contributed by atoms with Gasteiger partial charge < -0.3 is 14.2 Å². The molecule has 30 heavy (non-hydrogen) atoms. The fraction of sp³-hybridized carbons (Fsp3) is 0.250. The summed E-state index contributed by atoms with van der Waals surface area (Å²) < 4.78 is 18.6. The molecule has 6 nitrogen and oxygen atoms in total. The monoisotopic (exact) mass is 406 g/mol. The summed E-state index contributed by atoms with van der Waals surface area (Å²) in [5.74, 6) is 1.99. The summed E-state index contributed by atoms with van der Waals surface area (Å²) in [7, 11) is 3.38. The van der Waals surface area contributed by atoms with Crippen LogP contribution in [-0.4, -0.2) is 29.3 Å². The van der Waals surface area contributed by atoms with Crippen molar-refractivity contribution in [3.8, 4) is 17.2 Å². The largest absolute Gasteiger partial charge is 0.496 e. The standard InChI is InChI=1S/C24H26N2O4/c1-5-29-23-8-6-7-9-24(23)30-16-19-15-18(11-13-22(19)28-4)10-12-21(27)20-14-17(2)25-26(20)3/h6-15H,5,16H2,1-4H3/b12-10+. The van der Waals surface area contributed by atoms with Crippen LogP contribution in [0.3, 0.4) is 0 Å². The molecule has 0 spiro atoms. The van der Waals surface area contributed by atoms with E-state index in [2.05, 4.69) is 5.10 Å². The van der Waals surface area contributed by atoms with Gasteiger partial charge in [-0.1, -0.05) is 24.3 Å². The Kier molecular flexibility index (Phi) is 6.91. The number of ketones is 1. The Balaban J connectivity index is 1.77. The van der Waals surface area contributed by atoms with Gasteiger partial charge in [0, 0.05) is 12.6 Å². The summed E-state index contributed by atoms with van der Waals surface area (Å²) in [4.78, 5) is 12.5. The summed E-state index contributed by atoms with van der Waals surface area (Å²) >= 11 is 0. The van der Waals surface area contributed by atoms with Crippen LogP contribution in [0.5, 0.6) is 17.2 Å². The molecule has 0 radical (unpaired) electrons. The molecule has 1 aromatic heterocycles. The lowest BCUT2D eigenvalue weighted by atomic mass is 10.1. The highest BCUT2D eigenvalue weighted by Crippen LogP contribution is 2.29. The second-order valence-electron chi connectivity index (χ2n) is 6.73. The Hall–Kier alpha value is -3.54. The van der Waals surface area contributed by atoms with Crippen LogP contribution in [-0.2, 0) is 13.7 Å². The van der Waals surface area contributed by atoms with Crippen molar-refractivity contribution in [2.75, 3.05) is 13.7 Å². The first-order valence-electron chi connectivity index (χ1n) is 9.76. The molecule has 0 N–H and O–H groups in total. The molecule has 0 aliphatic carbocycles. The SMILES string of the molecule is CCOc1ccccc1OCc1cc(/C=C/C(=O)c2cc(C)nn2C)ccc1OC. The first kappa shape index (κ1) is 21.2. The molecule has 2 aromatic carbocycles. The van der Waals surface area contributed by atoms with Crippen LogP contribution in [0.15, 0.2) is 54.6 Å². The first-order valence-corrected chi connectivity index (χ1v) is 9.76. The van der Waals surface area contributed by atoms with Gasteiger partial charge in [0.15, 0.2) is 11.5 Å². The van der Waals surface area contributed by atoms with Crippen molar-refractivity contribution in [2.24, 2.45) is 7.05 Å². The van der Waals surface area contributed by atoms with Crippen LogP contribution < -0.4 is 14.2 Å². The predicted molar refractivity (Wildman–Crippen MR) is 116 cm³/mol. The average molecular weight is 406 g/mol. The Morgan fingerprint density at radius 3 is 2.43 bits per heavy atom. The van der Waals surface area contributed by atoms with E-state index in [0.29, 0.717) is 30.4 Å². The Morgan fingerprint density at radius 2 is 1.80 bits per heavy atom. The van der Waals surface area contributed by atoms with Crippen LogP contribution in [0, 0.1) is 6.92 Å². The van der Waals surface area contributed by atoms with E-state index in [4.69, 9.17) is 14.2 Å². The molecule has 0 fully saturated rings. The molecule has 0 amide bonds. The molecule has 0 aliphatic heterocycles. The van der Waals surface area contributed by atoms with Gasteiger partial charge in [-0.3, -0.25) is 9.48 Å². The van der Waals surface area contributed by atoms with Gasteiger partial charge in [0.25, 0.3) is 0 Å². The molecular formula is C24H26N2O4. The molecule has 0 unspecified atom stereocenters. The number of nitrogens with zero attached hydrogens (tertiary/aromatic N) is 2. The second kappa shape index (κ2) is 9.78. The number of aryl methyl sites for hydroxylation is 2. The third-order valence-electron chi connectivity index (χ3n) is 4.52. The van der Waals surface area contributed by atoms with E-state index in [9.17, 15) is 4.79 Å². The maximum atomic E-state index is 12.5. The molecule has 0 atom stereocenters. The van der Waals surface area contributed by atoms with Crippen molar-refractivity contribution in [2.45, 2.75) is 20.5 Å². The van der Waals surface area contributed by atoms with Gasteiger partial charge in [-0.2, -0.15) is 5.10 Å². The van der Waals surface area contributed by atoms with E-state index in [1.165, 1.54) is 0 Å². The Morgan fingerprint density at radius 1 is 1.07 bits per heavy atom. The maximum absolute atomic E-state index is 12.5. The van der Waals surface area contributed by atoms with Crippen molar-refractivity contribution >= 4 is 11.9 Å². The molecule has 6 heteroatoms. The van der Waals surface area contributed by atoms with Gasteiger partial charge >= 0.3 is 0 Å². The third kappa shape index (κ3) is 5.08. The lowest BCUT2D eigenvalue weighted by molar-refractivity contribution is 0.103. The molecule has 0 saturated heterocycles. The summed E-state index contributed by atoms with van der Waals surface area (Å²) in [6, 6.07) is 15.0. The average Bonchev–Trinajstić information content (AvgIpc) is 3.09. The quantitative estimate of drug-likeness (QED) is 0.384. The lowest BCUT2D eigenvalue weighted by Gasteiger charge is -2.14. The predicted octanol–water partition coefficient (Wildman–Crippen LogP) is 4.61. The van der Waals surface area contributed by atoms with E-state index in [-0.39, 0.29) is 5.78 Å². The molecular weight excluding hydrogens is 380 g/mol. The lowest BCUT2D eigenvalue weighted by Crippen LogP contribution is -2.04. The maximum Gasteiger partial charge on any atom is 0.203 e. The minimum absolute atomic E-state index is 0.0997. The number of carbonyl (C=O) groups excluding carboxylic acids is 1. The van der Waals surface area contributed by atoms with E-state index in [1.807, 2.05) is 56.3 Å². The number of ether oxygens (including phenoxy) is 3. The molecule has 0 saturated carbocycles. The van der Waals surface area contributed by atoms with E-state index < -0.39 is 0 Å². The fourth-order valence-corrected chi connectivity index (χ4v) is 3.11. The van der Waals surface area contributed by atoms with Crippen LogP contribution >= 0.6 is 0 Å². The van der Waals surface area contributed by atoms with Crippen molar-refractivity contribution in [1.82, 2.24) is 9.78 Å². The molecule has 0 aliphatic rings. The van der Waals surface area contributed by atoms with Crippen LogP contribution in [0.4, 0.5) is 0 Å². The van der Waals surface area contributed by atoms with Gasteiger partial charge in [-0.25, -0.2) is 0 Å². The van der Waals surface area contributed by atoms with Crippen molar-refractivity contribution < 1.29 is 19.0 Å². The van der Waals surface area contributed by atoms with Gasteiger partial charge in [0.2, 0.25) is 5.78 Å². The number of hydrogen-bond acceptors (Lipinski definition) is 5. The number of carbonyl (C=O) groups is 1. The van der Waals surface area contributed by atoms with Crippen LogP contribution in [0.2, 0.25) is 0 Å². The minimum atomic E-state index is -0.0997. The van der Waals surface area contributed by atoms with Crippen molar-refractivity contribution in [3.05, 3.63) is 77.1 Å². The fourth-order valence-electron chi connectivity index (χ4n) is 3.11. The summed E-state index contributed by atoms with van der Waals surface area (Å²) in [5, 5.41) is 4.22. The number of rotatable bonds is 9. The number of para-hydroxylation sites is 2. The van der Waals surface area contributed by atoms with Crippen LogP contribution in [0.1, 0.15) is 34.2 Å².